The molecule has 0 atom stereocenters. The van der Waals surface area contributed by atoms with Crippen LogP contribution >= 0.6 is 0 Å². The molecule has 10 heteroatoms. The van der Waals surface area contributed by atoms with Crippen LogP contribution in [-0.4, -0.2) is 52.1 Å². The molecule has 1 aliphatic rings. The number of aryl methyl sites for hydroxylation is 1. The average molecular weight is 506 g/mol. The number of pyridine rings is 2. The molecule has 0 bridgehead atoms. The number of sulfone groups is 1. The lowest BCUT2D eigenvalue weighted by Crippen LogP contribution is -2.34. The number of hydrogen-bond donors (Lipinski definition) is 1. The Balaban J connectivity index is 1.32. The Bertz CT molecular complexity index is 1490. The molecule has 1 aliphatic heterocycles. The van der Waals surface area contributed by atoms with Gasteiger partial charge in [0.05, 0.1) is 17.1 Å². The Morgan fingerprint density at radius 3 is 2.36 bits per heavy atom. The minimum Gasteiger partial charge on any atom is -0.351 e. The van der Waals surface area contributed by atoms with Gasteiger partial charge in [0.2, 0.25) is 5.95 Å². The van der Waals surface area contributed by atoms with E-state index in [2.05, 4.69) is 43.4 Å². The largest absolute Gasteiger partial charge is 0.351 e. The third kappa shape index (κ3) is 4.77. The molecule has 1 fully saturated rings. The third-order valence-electron chi connectivity index (χ3n) is 6.79. The number of anilines is 3. The van der Waals surface area contributed by atoms with Crippen molar-refractivity contribution in [2.75, 3.05) is 29.6 Å². The molecule has 0 radical (unpaired) electrons. The zero-order valence-electron chi connectivity index (χ0n) is 21.0. The van der Waals surface area contributed by atoms with Crippen molar-refractivity contribution in [1.82, 2.24) is 24.3 Å². The second kappa shape index (κ2) is 9.50. The highest BCUT2D eigenvalue weighted by atomic mass is 32.2. The van der Waals surface area contributed by atoms with Crippen molar-refractivity contribution >= 4 is 32.8 Å². The zero-order valence-corrected chi connectivity index (χ0v) is 21.8. The lowest BCUT2D eigenvalue weighted by atomic mass is 9.94. The van der Waals surface area contributed by atoms with E-state index in [1.165, 1.54) is 11.8 Å². The van der Waals surface area contributed by atoms with Gasteiger partial charge in [0.1, 0.15) is 0 Å². The fraction of sp³-hybridized carbons (Fsp3) is 0.385. The van der Waals surface area contributed by atoms with Gasteiger partial charge < -0.3 is 14.6 Å². The van der Waals surface area contributed by atoms with Crippen LogP contribution in [0.5, 0.6) is 0 Å². The number of rotatable bonds is 6. The van der Waals surface area contributed by atoms with Crippen molar-refractivity contribution in [3.8, 4) is 0 Å². The van der Waals surface area contributed by atoms with E-state index >= 15 is 0 Å². The maximum absolute atomic E-state index is 11.8. The first-order chi connectivity index (χ1) is 17.2. The molecular weight excluding hydrogens is 474 g/mol. The van der Waals surface area contributed by atoms with Crippen LogP contribution in [0.25, 0.3) is 5.65 Å². The van der Waals surface area contributed by atoms with Crippen LogP contribution in [0, 0.1) is 6.92 Å². The Morgan fingerprint density at radius 2 is 1.72 bits per heavy atom. The fourth-order valence-corrected chi connectivity index (χ4v) is 5.24. The highest BCUT2D eigenvalue weighted by molar-refractivity contribution is 7.90. The van der Waals surface area contributed by atoms with Crippen molar-refractivity contribution in [1.29, 1.82) is 0 Å². The van der Waals surface area contributed by atoms with E-state index in [-0.39, 0.29) is 5.03 Å². The highest BCUT2D eigenvalue weighted by Crippen LogP contribution is 2.32. The Morgan fingerprint density at radius 1 is 1.00 bits per heavy atom. The average Bonchev–Trinajstić information content (AvgIpc) is 3.30. The number of hydrogen-bond acceptors (Lipinski definition) is 8. The summed E-state index contributed by atoms with van der Waals surface area (Å²) >= 11 is 0. The van der Waals surface area contributed by atoms with Crippen LogP contribution in [0.4, 0.5) is 17.3 Å². The molecule has 9 nitrogen and oxygen atoms in total. The second-order valence-electron chi connectivity index (χ2n) is 9.71. The van der Waals surface area contributed by atoms with Gasteiger partial charge in [0, 0.05) is 55.7 Å². The summed E-state index contributed by atoms with van der Waals surface area (Å²) < 4.78 is 25.8. The number of nitrogens with one attached hydrogen (secondary N) is 1. The maximum Gasteiger partial charge on any atom is 0.225 e. The minimum atomic E-state index is -3.35. The first-order valence-electron chi connectivity index (χ1n) is 12.2. The molecule has 5 rings (SSSR count). The van der Waals surface area contributed by atoms with Crippen LogP contribution in [0.3, 0.4) is 0 Å². The number of nitrogens with zero attached hydrogens (tertiary/aromatic N) is 6. The van der Waals surface area contributed by atoms with Gasteiger partial charge in [0.25, 0.3) is 0 Å². The summed E-state index contributed by atoms with van der Waals surface area (Å²) in [7, 11) is -3.35. The van der Waals surface area contributed by atoms with E-state index in [1.807, 2.05) is 36.9 Å². The molecule has 4 aromatic heterocycles. The fourth-order valence-electron chi connectivity index (χ4n) is 4.62. The van der Waals surface area contributed by atoms with E-state index < -0.39 is 9.84 Å². The maximum atomic E-state index is 11.8. The minimum absolute atomic E-state index is 0.0689. The first kappa shape index (κ1) is 24.2. The normalized spacial score (nSPS) is 15.1. The molecule has 0 aliphatic carbocycles. The monoisotopic (exact) mass is 505 g/mol. The lowest BCUT2D eigenvalue weighted by Gasteiger charge is -2.31. The molecule has 36 heavy (non-hydrogen) atoms. The predicted octanol–water partition coefficient (Wildman–Crippen LogP) is 4.48. The topological polar surface area (TPSA) is 105 Å². The summed E-state index contributed by atoms with van der Waals surface area (Å²) in [6.07, 6.45) is 11.0. The molecule has 4 aromatic rings. The summed E-state index contributed by atoms with van der Waals surface area (Å²) in [5.41, 5.74) is 5.37. The lowest BCUT2D eigenvalue weighted by molar-refractivity contribution is 0.488. The van der Waals surface area contributed by atoms with Gasteiger partial charge in [-0.2, -0.15) is 0 Å². The molecule has 1 saturated heterocycles. The summed E-state index contributed by atoms with van der Waals surface area (Å²) in [5, 5.41) is 3.45. The van der Waals surface area contributed by atoms with E-state index in [0.717, 1.165) is 60.7 Å². The van der Waals surface area contributed by atoms with Crippen LogP contribution in [0.2, 0.25) is 0 Å². The summed E-state index contributed by atoms with van der Waals surface area (Å²) in [6.45, 7) is 7.88. The third-order valence-corrected chi connectivity index (χ3v) is 7.78. The van der Waals surface area contributed by atoms with Gasteiger partial charge in [-0.3, -0.25) is 0 Å². The molecule has 5 heterocycles. The van der Waals surface area contributed by atoms with Crippen molar-refractivity contribution in [3.05, 3.63) is 66.0 Å². The Labute approximate surface area is 211 Å². The van der Waals surface area contributed by atoms with Gasteiger partial charge in [-0.25, -0.2) is 28.4 Å². The van der Waals surface area contributed by atoms with Gasteiger partial charge >= 0.3 is 0 Å². The zero-order chi connectivity index (χ0) is 25.4. The van der Waals surface area contributed by atoms with Crippen molar-refractivity contribution in [2.24, 2.45) is 0 Å². The van der Waals surface area contributed by atoms with Crippen LogP contribution in [0.15, 0.2) is 54.1 Å². The summed E-state index contributed by atoms with van der Waals surface area (Å²) in [6, 6.07) is 7.23. The Hall–Kier alpha value is -3.53. The molecule has 188 valence electrons. The number of piperidine rings is 1. The molecule has 0 amide bonds. The van der Waals surface area contributed by atoms with Crippen LogP contribution in [0.1, 0.15) is 55.5 Å². The van der Waals surface area contributed by atoms with Crippen LogP contribution in [-0.2, 0) is 9.84 Å². The van der Waals surface area contributed by atoms with E-state index in [0.29, 0.717) is 17.5 Å². The molecule has 1 N–H and O–H groups in total. The first-order valence-corrected chi connectivity index (χ1v) is 14.1. The quantitative estimate of drug-likeness (QED) is 0.409. The number of aromatic nitrogens is 5. The molecule has 0 saturated carbocycles. The highest BCUT2D eigenvalue weighted by Gasteiger charge is 2.25. The van der Waals surface area contributed by atoms with Gasteiger partial charge in [-0.15, -0.1) is 0 Å². The summed E-state index contributed by atoms with van der Waals surface area (Å²) in [4.78, 5) is 20.4. The smallest absolute Gasteiger partial charge is 0.225 e. The molecule has 0 unspecified atom stereocenters. The second-order valence-corrected chi connectivity index (χ2v) is 11.7. The van der Waals surface area contributed by atoms with Crippen molar-refractivity contribution < 1.29 is 8.42 Å². The molecule has 0 aromatic carbocycles. The SMILES string of the molecule is Cc1nc(S(C)(=O)=O)ccc1Nc1cccn2c(C3CCN(c4ncc(C(C)C)cn4)CC3)cnc12. The Kier molecular flexibility index (Phi) is 6.38. The number of fused-ring (bicyclic) bond motifs is 1. The standard InChI is InChI=1S/C26H31N7O2S/c1-17(2)20-14-28-26(29-15-20)32-12-9-19(10-13-32)23-16-27-25-22(6-5-11-33(23)25)31-21-7-8-24(30-18(21)3)36(4,34)35/h5-8,11,14-17,19,31H,9-10,12-13H2,1-4H3. The van der Waals surface area contributed by atoms with Crippen LogP contribution < -0.4 is 10.2 Å². The van der Waals surface area contributed by atoms with Gasteiger partial charge in [-0.05, 0) is 55.5 Å². The van der Waals surface area contributed by atoms with Gasteiger partial charge in [-0.1, -0.05) is 13.8 Å². The molecular formula is C26H31N7O2S. The summed E-state index contributed by atoms with van der Waals surface area (Å²) in [5.74, 6) is 1.61. The van der Waals surface area contributed by atoms with E-state index in [4.69, 9.17) is 4.98 Å². The van der Waals surface area contributed by atoms with Crippen molar-refractivity contribution in [2.45, 2.75) is 50.5 Å². The van der Waals surface area contributed by atoms with Crippen molar-refractivity contribution in [3.63, 3.8) is 0 Å². The van der Waals surface area contributed by atoms with E-state index in [1.54, 1.807) is 13.0 Å². The molecule has 0 spiro atoms. The van der Waals surface area contributed by atoms with E-state index in [9.17, 15) is 8.42 Å². The predicted molar refractivity (Wildman–Crippen MR) is 141 cm³/mol. The van der Waals surface area contributed by atoms with Gasteiger partial charge in [0.15, 0.2) is 20.5 Å². The number of imidazole rings is 1.